The van der Waals surface area contributed by atoms with E-state index in [1.165, 1.54) is 0 Å². The molecule has 2 rings (SSSR count). The molecule has 6 heteroatoms. The van der Waals surface area contributed by atoms with Crippen molar-refractivity contribution < 1.29 is 19.1 Å². The van der Waals surface area contributed by atoms with Crippen LogP contribution in [0.1, 0.15) is 27.7 Å². The highest BCUT2D eigenvalue weighted by molar-refractivity contribution is 6.35. The van der Waals surface area contributed by atoms with Gasteiger partial charge in [0.25, 0.3) is 0 Å². The molecule has 2 aliphatic rings. The van der Waals surface area contributed by atoms with Crippen molar-refractivity contribution in [2.24, 2.45) is 0 Å². The maximum absolute atomic E-state index is 12.3. The molecule has 0 saturated carbocycles. The van der Waals surface area contributed by atoms with Gasteiger partial charge in [-0.1, -0.05) is 0 Å². The predicted octanol–water partition coefficient (Wildman–Crippen LogP) is 0.258. The summed E-state index contributed by atoms with van der Waals surface area (Å²) in [4.78, 5) is 27.9. The van der Waals surface area contributed by atoms with Gasteiger partial charge >= 0.3 is 11.8 Å². The average Bonchev–Trinajstić information content (AvgIpc) is 2.34. The lowest BCUT2D eigenvalue weighted by molar-refractivity contribution is -0.163. The number of amides is 2. The second-order valence-corrected chi connectivity index (χ2v) is 5.93. The van der Waals surface area contributed by atoms with Crippen molar-refractivity contribution in [1.82, 2.24) is 9.80 Å². The molecule has 0 bridgehead atoms. The summed E-state index contributed by atoms with van der Waals surface area (Å²) in [6.45, 7) is 9.57. The van der Waals surface area contributed by atoms with Crippen LogP contribution in [0.25, 0.3) is 0 Å². The number of hydrogen-bond acceptors (Lipinski definition) is 4. The normalized spacial score (nSPS) is 35.0. The van der Waals surface area contributed by atoms with Gasteiger partial charge in [0.2, 0.25) is 0 Å². The lowest BCUT2D eigenvalue weighted by Crippen LogP contribution is -2.56. The smallest absolute Gasteiger partial charge is 0.312 e. The van der Waals surface area contributed by atoms with E-state index in [0.29, 0.717) is 26.2 Å². The lowest BCUT2D eigenvalue weighted by Gasteiger charge is -2.38. The largest absolute Gasteiger partial charge is 0.372 e. The second-order valence-electron chi connectivity index (χ2n) is 5.93. The molecule has 114 valence electrons. The second kappa shape index (κ2) is 6.10. The van der Waals surface area contributed by atoms with Crippen molar-refractivity contribution in [3.8, 4) is 0 Å². The van der Waals surface area contributed by atoms with Crippen LogP contribution < -0.4 is 0 Å². The first kappa shape index (κ1) is 15.3. The third-order valence-electron chi connectivity index (χ3n) is 3.60. The summed E-state index contributed by atoms with van der Waals surface area (Å²) >= 11 is 0. The monoisotopic (exact) mass is 284 g/mol. The zero-order chi connectivity index (χ0) is 14.9. The van der Waals surface area contributed by atoms with E-state index in [4.69, 9.17) is 9.47 Å². The van der Waals surface area contributed by atoms with Crippen LogP contribution in [0.3, 0.4) is 0 Å². The van der Waals surface area contributed by atoms with E-state index in [0.717, 1.165) is 0 Å². The zero-order valence-electron chi connectivity index (χ0n) is 12.7. The van der Waals surface area contributed by atoms with Crippen LogP contribution in [0.2, 0.25) is 0 Å². The summed E-state index contributed by atoms with van der Waals surface area (Å²) in [5.74, 6) is -0.846. The van der Waals surface area contributed by atoms with Gasteiger partial charge in [-0.25, -0.2) is 0 Å². The van der Waals surface area contributed by atoms with Crippen LogP contribution in [-0.2, 0) is 19.1 Å². The lowest BCUT2D eigenvalue weighted by atomic mass is 10.2. The number of ether oxygens (including phenoxy) is 2. The minimum absolute atomic E-state index is 0.0296. The molecule has 0 aromatic carbocycles. The summed E-state index contributed by atoms with van der Waals surface area (Å²) in [6, 6.07) is 0. The maximum Gasteiger partial charge on any atom is 0.312 e. The summed E-state index contributed by atoms with van der Waals surface area (Å²) in [5, 5.41) is 0. The molecular weight excluding hydrogens is 260 g/mol. The van der Waals surface area contributed by atoms with Gasteiger partial charge in [0, 0.05) is 26.2 Å². The molecule has 0 aromatic rings. The van der Waals surface area contributed by atoms with Crippen LogP contribution in [-0.4, -0.2) is 72.2 Å². The first-order chi connectivity index (χ1) is 9.36. The van der Waals surface area contributed by atoms with Gasteiger partial charge in [-0.2, -0.15) is 0 Å². The van der Waals surface area contributed by atoms with E-state index >= 15 is 0 Å². The molecule has 2 heterocycles. The minimum atomic E-state index is -0.423. The highest BCUT2D eigenvalue weighted by Crippen LogP contribution is 2.14. The third-order valence-corrected chi connectivity index (χ3v) is 3.60. The Hall–Kier alpha value is -1.14. The Morgan fingerprint density at radius 2 is 0.950 bits per heavy atom. The summed E-state index contributed by atoms with van der Waals surface area (Å²) in [7, 11) is 0. The number of carbonyl (C=O) groups excluding carboxylic acids is 2. The van der Waals surface area contributed by atoms with Gasteiger partial charge in [-0.15, -0.1) is 0 Å². The van der Waals surface area contributed by atoms with E-state index in [-0.39, 0.29) is 24.4 Å². The highest BCUT2D eigenvalue weighted by atomic mass is 16.5. The van der Waals surface area contributed by atoms with Gasteiger partial charge < -0.3 is 19.3 Å². The molecule has 0 spiro atoms. The van der Waals surface area contributed by atoms with Crippen LogP contribution in [0.15, 0.2) is 0 Å². The van der Waals surface area contributed by atoms with Gasteiger partial charge in [-0.05, 0) is 27.7 Å². The van der Waals surface area contributed by atoms with E-state index in [1.807, 2.05) is 27.7 Å². The summed E-state index contributed by atoms with van der Waals surface area (Å²) in [6.07, 6.45) is -0.118. The summed E-state index contributed by atoms with van der Waals surface area (Å²) < 4.78 is 11.2. The number of morpholine rings is 2. The Bertz CT molecular complexity index is 331. The van der Waals surface area contributed by atoms with Gasteiger partial charge in [-0.3, -0.25) is 9.59 Å². The van der Waals surface area contributed by atoms with Crippen LogP contribution >= 0.6 is 0 Å². The first-order valence-electron chi connectivity index (χ1n) is 7.26. The van der Waals surface area contributed by atoms with Crippen molar-refractivity contribution in [2.45, 2.75) is 52.1 Å². The number of carbonyl (C=O) groups is 2. The molecule has 2 amide bonds. The quantitative estimate of drug-likeness (QED) is 0.599. The maximum atomic E-state index is 12.3. The Morgan fingerprint density at radius 1 is 0.700 bits per heavy atom. The van der Waals surface area contributed by atoms with Crippen molar-refractivity contribution in [3.63, 3.8) is 0 Å². The topological polar surface area (TPSA) is 59.1 Å². The molecule has 2 saturated heterocycles. The molecule has 20 heavy (non-hydrogen) atoms. The Kier molecular flexibility index (Phi) is 4.65. The van der Waals surface area contributed by atoms with E-state index in [2.05, 4.69) is 0 Å². The minimum Gasteiger partial charge on any atom is -0.372 e. The molecule has 2 aliphatic heterocycles. The molecule has 4 unspecified atom stereocenters. The zero-order valence-corrected chi connectivity index (χ0v) is 12.7. The Balaban J connectivity index is 1.99. The third kappa shape index (κ3) is 3.49. The number of hydrogen-bond donors (Lipinski definition) is 0. The van der Waals surface area contributed by atoms with E-state index in [9.17, 15) is 9.59 Å². The van der Waals surface area contributed by atoms with Crippen LogP contribution in [0, 0.1) is 0 Å². The fourth-order valence-corrected chi connectivity index (χ4v) is 2.96. The molecule has 6 nitrogen and oxygen atoms in total. The van der Waals surface area contributed by atoms with Crippen molar-refractivity contribution >= 4 is 11.8 Å². The standard InChI is InChI=1S/C14H24N2O4/c1-9-5-15(6-10(2)19-9)13(17)14(18)16-7-11(3)20-12(4)8-16/h9-12H,5-8H2,1-4H3. The predicted molar refractivity (Wildman–Crippen MR) is 73.2 cm³/mol. The van der Waals surface area contributed by atoms with Crippen molar-refractivity contribution in [3.05, 3.63) is 0 Å². The van der Waals surface area contributed by atoms with Crippen molar-refractivity contribution in [2.75, 3.05) is 26.2 Å². The Morgan fingerprint density at radius 3 is 1.20 bits per heavy atom. The number of rotatable bonds is 0. The van der Waals surface area contributed by atoms with Gasteiger partial charge in [0.05, 0.1) is 24.4 Å². The highest BCUT2D eigenvalue weighted by Gasteiger charge is 2.35. The van der Waals surface area contributed by atoms with E-state index < -0.39 is 11.8 Å². The number of nitrogens with zero attached hydrogens (tertiary/aromatic N) is 2. The summed E-state index contributed by atoms with van der Waals surface area (Å²) in [5.41, 5.74) is 0. The molecule has 0 aromatic heterocycles. The van der Waals surface area contributed by atoms with Crippen molar-refractivity contribution in [1.29, 1.82) is 0 Å². The fourth-order valence-electron chi connectivity index (χ4n) is 2.96. The van der Waals surface area contributed by atoms with Gasteiger partial charge in [0.15, 0.2) is 0 Å². The van der Waals surface area contributed by atoms with Crippen LogP contribution in [0.4, 0.5) is 0 Å². The van der Waals surface area contributed by atoms with E-state index in [1.54, 1.807) is 9.80 Å². The van der Waals surface area contributed by atoms with Crippen LogP contribution in [0.5, 0.6) is 0 Å². The molecule has 0 N–H and O–H groups in total. The molecule has 2 fully saturated rings. The average molecular weight is 284 g/mol. The molecule has 0 aliphatic carbocycles. The SMILES string of the molecule is CC1CN(C(=O)C(=O)N2CC(C)OC(C)C2)CC(C)O1. The van der Waals surface area contributed by atoms with Gasteiger partial charge in [0.1, 0.15) is 0 Å². The molecule has 4 atom stereocenters. The molecular formula is C14H24N2O4. The fraction of sp³-hybridized carbons (Fsp3) is 0.857. The Labute approximate surface area is 120 Å². The molecule has 0 radical (unpaired) electrons. The first-order valence-corrected chi connectivity index (χ1v) is 7.26.